The van der Waals surface area contributed by atoms with Gasteiger partial charge in [0.15, 0.2) is 5.57 Å². The average molecular weight is 385 g/mol. The molecular weight excluding hydrogens is 370 g/mol. The van der Waals surface area contributed by atoms with Crippen molar-refractivity contribution in [3.8, 4) is 18.2 Å². The van der Waals surface area contributed by atoms with E-state index in [1.807, 2.05) is 0 Å². The van der Waals surface area contributed by atoms with Crippen LogP contribution in [-0.2, 0) is 19.6 Å². The summed E-state index contributed by atoms with van der Waals surface area (Å²) in [5, 5.41) is 29.6. The Morgan fingerprint density at radius 3 is 2.48 bits per heavy atom. The third-order valence-electron chi connectivity index (χ3n) is 4.00. The number of carbonyl (C=O) groups excluding carboxylic acids is 1. The normalized spacial score (nSPS) is 16.4. The minimum Gasteiger partial charge on any atom is -0.468 e. The van der Waals surface area contributed by atoms with Crippen LogP contribution in [0.1, 0.15) is 12.8 Å². The van der Waals surface area contributed by atoms with Gasteiger partial charge in [-0.2, -0.15) is 20.1 Å². The van der Waals surface area contributed by atoms with Gasteiger partial charge in [0.1, 0.15) is 34.8 Å². The minimum atomic E-state index is -4.09. The van der Waals surface area contributed by atoms with E-state index < -0.39 is 27.6 Å². The lowest BCUT2D eigenvalue weighted by atomic mass is 10.2. The van der Waals surface area contributed by atoms with Gasteiger partial charge in [0.25, 0.3) is 0 Å². The summed E-state index contributed by atoms with van der Waals surface area (Å²) in [4.78, 5) is 11.7. The van der Waals surface area contributed by atoms with E-state index in [0.29, 0.717) is 12.8 Å². The number of rotatable bonds is 5. The highest BCUT2D eigenvalue weighted by Crippen LogP contribution is 2.31. The molecule has 0 aliphatic carbocycles. The number of esters is 1. The molecule has 9 nitrogen and oxygen atoms in total. The number of benzene rings is 1. The van der Waals surface area contributed by atoms with Crippen molar-refractivity contribution >= 4 is 21.7 Å². The monoisotopic (exact) mass is 385 g/mol. The molecule has 1 saturated heterocycles. The highest BCUT2D eigenvalue weighted by molar-refractivity contribution is 7.89. The molecular formula is C17H15N5O4S. The van der Waals surface area contributed by atoms with Gasteiger partial charge in [0.05, 0.1) is 12.8 Å². The van der Waals surface area contributed by atoms with E-state index in [-0.39, 0.29) is 22.8 Å². The Kier molecular flexibility index (Phi) is 6.15. The molecule has 1 heterocycles. The first-order valence-corrected chi connectivity index (χ1v) is 9.25. The third kappa shape index (κ3) is 3.90. The fourth-order valence-corrected chi connectivity index (χ4v) is 4.53. The Hall–Kier alpha value is -3.39. The van der Waals surface area contributed by atoms with Crippen LogP contribution in [0.5, 0.6) is 0 Å². The van der Waals surface area contributed by atoms with Gasteiger partial charge in [-0.1, -0.05) is 12.1 Å². The molecule has 1 aliphatic heterocycles. The number of carbonyl (C=O) groups is 1. The van der Waals surface area contributed by atoms with Crippen molar-refractivity contribution in [2.45, 2.75) is 23.8 Å². The van der Waals surface area contributed by atoms with E-state index in [1.54, 1.807) is 18.2 Å². The maximum absolute atomic E-state index is 13.1. The van der Waals surface area contributed by atoms with E-state index in [2.05, 4.69) is 10.1 Å². The van der Waals surface area contributed by atoms with Crippen LogP contribution in [0.3, 0.4) is 0 Å². The number of nitriles is 3. The second-order valence-corrected chi connectivity index (χ2v) is 7.36. The summed E-state index contributed by atoms with van der Waals surface area (Å²) in [6.07, 6.45) is 0.850. The van der Waals surface area contributed by atoms with E-state index >= 15 is 0 Å². The van der Waals surface area contributed by atoms with Gasteiger partial charge in [-0.05, 0) is 25.0 Å². The summed E-state index contributed by atoms with van der Waals surface area (Å²) >= 11 is 0. The van der Waals surface area contributed by atoms with Gasteiger partial charge in [-0.3, -0.25) is 4.79 Å². The predicted molar refractivity (Wildman–Crippen MR) is 92.9 cm³/mol. The summed E-state index contributed by atoms with van der Waals surface area (Å²) in [5.74, 6) is -0.643. The number of nitrogens with zero attached hydrogens (tertiary/aromatic N) is 4. The van der Waals surface area contributed by atoms with Crippen molar-refractivity contribution in [1.82, 2.24) is 4.31 Å². The zero-order valence-corrected chi connectivity index (χ0v) is 15.2. The van der Waals surface area contributed by atoms with Crippen LogP contribution in [0.4, 0.5) is 5.69 Å². The van der Waals surface area contributed by atoms with Gasteiger partial charge >= 0.3 is 5.97 Å². The summed E-state index contributed by atoms with van der Waals surface area (Å²) in [6.45, 7) is 0.152. The average Bonchev–Trinajstić information content (AvgIpc) is 3.18. The molecule has 0 amide bonds. The zero-order valence-electron chi connectivity index (χ0n) is 14.3. The lowest BCUT2D eigenvalue weighted by Crippen LogP contribution is -2.41. The van der Waals surface area contributed by atoms with E-state index in [1.165, 1.54) is 31.4 Å². The smallest absolute Gasteiger partial charge is 0.324 e. The largest absolute Gasteiger partial charge is 0.468 e. The van der Waals surface area contributed by atoms with Crippen LogP contribution in [0.2, 0.25) is 0 Å². The van der Waals surface area contributed by atoms with Gasteiger partial charge in [0, 0.05) is 6.54 Å². The van der Waals surface area contributed by atoms with Crippen molar-refractivity contribution in [2.24, 2.45) is 0 Å². The Bertz CT molecular complexity index is 995. The van der Waals surface area contributed by atoms with E-state index in [0.717, 1.165) is 4.31 Å². The molecule has 1 aliphatic rings. The number of sulfonamides is 1. The van der Waals surface area contributed by atoms with Gasteiger partial charge in [0.2, 0.25) is 10.0 Å². The van der Waals surface area contributed by atoms with Crippen molar-refractivity contribution in [1.29, 1.82) is 15.8 Å². The zero-order chi connectivity index (χ0) is 20.0. The first kappa shape index (κ1) is 19.9. The predicted octanol–water partition coefficient (Wildman–Crippen LogP) is 1.25. The highest BCUT2D eigenvalue weighted by Gasteiger charge is 2.41. The summed E-state index contributed by atoms with van der Waals surface area (Å²) in [5.41, 5.74) is -0.820. The molecule has 27 heavy (non-hydrogen) atoms. The molecule has 1 unspecified atom stereocenters. The molecule has 138 valence electrons. The Labute approximate surface area is 156 Å². The molecule has 1 aromatic carbocycles. The fourth-order valence-electron chi connectivity index (χ4n) is 2.74. The Morgan fingerprint density at radius 1 is 1.22 bits per heavy atom. The van der Waals surface area contributed by atoms with E-state index in [4.69, 9.17) is 10.5 Å². The standard InChI is InChI=1S/C17H15N5O4S/c1-26-17(23)15-6-4-8-22(15)27(24,25)16-7-3-2-5-13(16)21-14(11-20)12(9-18)10-19/h2-3,5,7,15,21H,4,6,8H2,1H3. The number of anilines is 1. The number of allylic oxidation sites excluding steroid dienone is 2. The lowest BCUT2D eigenvalue weighted by Gasteiger charge is -2.23. The summed E-state index contributed by atoms with van der Waals surface area (Å²) in [7, 11) is -2.90. The van der Waals surface area contributed by atoms with Crippen LogP contribution < -0.4 is 5.32 Å². The minimum absolute atomic E-state index is 0.0209. The summed E-state index contributed by atoms with van der Waals surface area (Å²) in [6, 6.07) is 9.66. The molecule has 0 radical (unpaired) electrons. The van der Waals surface area contributed by atoms with Crippen molar-refractivity contribution in [3.63, 3.8) is 0 Å². The number of ether oxygens (including phenoxy) is 1. The topological polar surface area (TPSA) is 147 Å². The lowest BCUT2D eigenvalue weighted by molar-refractivity contribution is -0.144. The Morgan fingerprint density at radius 2 is 1.89 bits per heavy atom. The second-order valence-electron chi connectivity index (χ2n) is 5.50. The molecule has 1 atom stereocenters. The van der Waals surface area contributed by atoms with Crippen molar-refractivity contribution in [3.05, 3.63) is 35.5 Å². The molecule has 1 N–H and O–H groups in total. The highest BCUT2D eigenvalue weighted by atomic mass is 32.2. The van der Waals surface area contributed by atoms with Crippen LogP contribution in [-0.4, -0.2) is 38.4 Å². The van der Waals surface area contributed by atoms with Crippen LogP contribution in [0, 0.1) is 34.0 Å². The van der Waals surface area contributed by atoms with Crippen LogP contribution in [0.25, 0.3) is 0 Å². The van der Waals surface area contributed by atoms with Gasteiger partial charge in [-0.15, -0.1) is 0 Å². The fraction of sp³-hybridized carbons (Fsp3) is 0.294. The van der Waals surface area contributed by atoms with Crippen molar-refractivity contribution < 1.29 is 17.9 Å². The first-order valence-electron chi connectivity index (χ1n) is 7.81. The molecule has 0 bridgehead atoms. The third-order valence-corrected chi connectivity index (χ3v) is 5.96. The summed E-state index contributed by atoms with van der Waals surface area (Å²) < 4.78 is 32.0. The maximum Gasteiger partial charge on any atom is 0.324 e. The molecule has 0 aromatic heterocycles. The number of hydrogen-bond donors (Lipinski definition) is 1. The number of nitrogens with one attached hydrogen (secondary N) is 1. The molecule has 10 heteroatoms. The molecule has 2 rings (SSSR count). The van der Waals surface area contributed by atoms with Crippen molar-refractivity contribution in [2.75, 3.05) is 19.0 Å². The second kappa shape index (κ2) is 8.33. The number of methoxy groups -OCH3 is 1. The number of hydrogen-bond acceptors (Lipinski definition) is 8. The molecule has 0 spiro atoms. The van der Waals surface area contributed by atoms with E-state index in [9.17, 15) is 18.5 Å². The van der Waals surface area contributed by atoms with Crippen LogP contribution >= 0.6 is 0 Å². The SMILES string of the molecule is COC(=O)C1CCCN1S(=O)(=O)c1ccccc1NC(C#N)=C(C#N)C#N. The molecule has 1 fully saturated rings. The van der Waals surface area contributed by atoms with Gasteiger partial charge < -0.3 is 10.1 Å². The van der Waals surface area contributed by atoms with Crippen LogP contribution in [0.15, 0.2) is 40.4 Å². The Balaban J connectivity index is 2.51. The number of para-hydroxylation sites is 1. The molecule has 0 saturated carbocycles. The first-order chi connectivity index (χ1) is 12.9. The quantitative estimate of drug-likeness (QED) is 0.588. The molecule has 1 aromatic rings. The maximum atomic E-state index is 13.1. The van der Waals surface area contributed by atoms with Gasteiger partial charge in [-0.25, -0.2) is 8.42 Å².